The first kappa shape index (κ1) is 15.3. The van der Waals surface area contributed by atoms with E-state index < -0.39 is 0 Å². The van der Waals surface area contributed by atoms with Gasteiger partial charge in [0, 0.05) is 16.6 Å². The fourth-order valence-electron chi connectivity index (χ4n) is 2.74. The van der Waals surface area contributed by atoms with Gasteiger partial charge in [-0.3, -0.25) is 4.79 Å². The number of nitrogens with one attached hydrogen (secondary N) is 1. The molecule has 0 unspecified atom stereocenters. The number of fused-ring (bicyclic) bond motifs is 1. The maximum absolute atomic E-state index is 12.4. The van der Waals surface area contributed by atoms with Crippen LogP contribution in [0.25, 0.3) is 11.0 Å². The van der Waals surface area contributed by atoms with Crippen LogP contribution in [0.4, 0.5) is 5.69 Å². The molecular formula is C20H21NO2. The van der Waals surface area contributed by atoms with Crippen molar-refractivity contribution in [3.8, 4) is 0 Å². The van der Waals surface area contributed by atoms with E-state index in [1.54, 1.807) is 6.26 Å². The quantitative estimate of drug-likeness (QED) is 0.752. The fraction of sp³-hybridized carbons (Fsp3) is 0.250. The first-order valence-corrected chi connectivity index (χ1v) is 7.93. The summed E-state index contributed by atoms with van der Waals surface area (Å²) in [5.41, 5.74) is 6.15. The summed E-state index contributed by atoms with van der Waals surface area (Å²) in [6.45, 7) is 6.17. The Labute approximate surface area is 136 Å². The summed E-state index contributed by atoms with van der Waals surface area (Å²) in [5, 5.41) is 4.01. The van der Waals surface area contributed by atoms with Crippen LogP contribution in [0.1, 0.15) is 29.2 Å². The van der Waals surface area contributed by atoms with Crippen LogP contribution in [0.2, 0.25) is 0 Å². The molecule has 3 nitrogen and oxygen atoms in total. The predicted molar refractivity (Wildman–Crippen MR) is 93.8 cm³/mol. The number of carbonyl (C=O) groups is 1. The fourth-order valence-corrected chi connectivity index (χ4v) is 2.74. The number of hydrogen-bond donors (Lipinski definition) is 1. The minimum atomic E-state index is -0.0269. The first-order chi connectivity index (χ1) is 11.1. The number of carbonyl (C=O) groups excluding carboxylic acids is 1. The molecule has 3 heteroatoms. The normalized spacial score (nSPS) is 10.9. The van der Waals surface area contributed by atoms with Crippen molar-refractivity contribution in [2.24, 2.45) is 0 Å². The lowest BCUT2D eigenvalue weighted by Gasteiger charge is -2.10. The van der Waals surface area contributed by atoms with Crippen molar-refractivity contribution in [1.29, 1.82) is 0 Å². The number of benzene rings is 2. The van der Waals surface area contributed by atoms with Crippen LogP contribution in [-0.2, 0) is 17.6 Å². The number of furan rings is 1. The minimum absolute atomic E-state index is 0.0269. The lowest BCUT2D eigenvalue weighted by molar-refractivity contribution is -0.115. The van der Waals surface area contributed by atoms with Gasteiger partial charge in [-0.2, -0.15) is 0 Å². The van der Waals surface area contributed by atoms with E-state index in [0.717, 1.165) is 34.2 Å². The molecule has 1 N–H and O–H groups in total. The van der Waals surface area contributed by atoms with E-state index in [1.165, 1.54) is 11.1 Å². The second-order valence-corrected chi connectivity index (χ2v) is 5.92. The van der Waals surface area contributed by atoms with Crippen LogP contribution in [-0.4, -0.2) is 5.91 Å². The van der Waals surface area contributed by atoms with Gasteiger partial charge in [0.1, 0.15) is 5.58 Å². The van der Waals surface area contributed by atoms with Crippen molar-refractivity contribution >= 4 is 22.6 Å². The number of anilines is 1. The molecule has 0 saturated heterocycles. The van der Waals surface area contributed by atoms with Gasteiger partial charge in [0.05, 0.1) is 12.7 Å². The minimum Gasteiger partial charge on any atom is -0.464 e. The lowest BCUT2D eigenvalue weighted by atomic mass is 10.1. The maximum Gasteiger partial charge on any atom is 0.228 e. The average molecular weight is 307 g/mol. The van der Waals surface area contributed by atoms with Gasteiger partial charge in [-0.25, -0.2) is 0 Å². The van der Waals surface area contributed by atoms with Crippen molar-refractivity contribution < 1.29 is 9.21 Å². The smallest absolute Gasteiger partial charge is 0.228 e. The molecule has 2 aromatic carbocycles. The Kier molecular flexibility index (Phi) is 4.20. The average Bonchev–Trinajstić information content (AvgIpc) is 2.94. The molecule has 3 aromatic rings. The third-order valence-electron chi connectivity index (χ3n) is 4.36. The number of aryl methyl sites for hydroxylation is 2. The van der Waals surface area contributed by atoms with Gasteiger partial charge < -0.3 is 9.73 Å². The zero-order valence-electron chi connectivity index (χ0n) is 13.8. The van der Waals surface area contributed by atoms with Crippen LogP contribution in [0.5, 0.6) is 0 Å². The molecule has 0 aliphatic carbocycles. The Hall–Kier alpha value is -2.55. The van der Waals surface area contributed by atoms with Gasteiger partial charge >= 0.3 is 0 Å². The summed E-state index contributed by atoms with van der Waals surface area (Å²) in [4.78, 5) is 12.4. The molecule has 0 bridgehead atoms. The molecule has 0 radical (unpaired) electrons. The number of hydrogen-bond acceptors (Lipinski definition) is 2. The van der Waals surface area contributed by atoms with Gasteiger partial charge in [-0.1, -0.05) is 31.2 Å². The van der Waals surface area contributed by atoms with Crippen LogP contribution in [0, 0.1) is 13.8 Å². The van der Waals surface area contributed by atoms with Gasteiger partial charge in [0.15, 0.2) is 0 Å². The standard InChI is InChI=1S/C20H21NO2/c1-4-15-8-9-17-16(12-23-19(17)10-15)11-20(22)21-18-7-5-6-13(2)14(18)3/h5-10,12H,4,11H2,1-3H3,(H,21,22). The molecule has 0 aliphatic heterocycles. The molecule has 0 fully saturated rings. The van der Waals surface area contributed by atoms with Gasteiger partial charge in [0.25, 0.3) is 0 Å². The third-order valence-corrected chi connectivity index (χ3v) is 4.36. The zero-order valence-corrected chi connectivity index (χ0v) is 13.8. The van der Waals surface area contributed by atoms with E-state index in [1.807, 2.05) is 44.2 Å². The van der Waals surface area contributed by atoms with Crippen LogP contribution < -0.4 is 5.32 Å². The van der Waals surface area contributed by atoms with E-state index in [4.69, 9.17) is 4.42 Å². The Morgan fingerprint density at radius 2 is 2.00 bits per heavy atom. The molecule has 1 heterocycles. The number of rotatable bonds is 4. The second kappa shape index (κ2) is 6.29. The van der Waals surface area contributed by atoms with E-state index >= 15 is 0 Å². The summed E-state index contributed by atoms with van der Waals surface area (Å²) in [6, 6.07) is 12.1. The summed E-state index contributed by atoms with van der Waals surface area (Å²) in [7, 11) is 0. The monoisotopic (exact) mass is 307 g/mol. The second-order valence-electron chi connectivity index (χ2n) is 5.92. The van der Waals surface area contributed by atoms with Crippen molar-refractivity contribution in [1.82, 2.24) is 0 Å². The molecular weight excluding hydrogens is 286 g/mol. The Balaban J connectivity index is 1.79. The maximum atomic E-state index is 12.4. The molecule has 1 aromatic heterocycles. The summed E-state index contributed by atoms with van der Waals surface area (Å²) in [6.07, 6.45) is 2.97. The third kappa shape index (κ3) is 3.14. The Morgan fingerprint density at radius 3 is 2.78 bits per heavy atom. The summed E-state index contributed by atoms with van der Waals surface area (Å²) < 4.78 is 5.61. The highest BCUT2D eigenvalue weighted by Gasteiger charge is 2.12. The Morgan fingerprint density at radius 1 is 1.17 bits per heavy atom. The molecule has 0 saturated carbocycles. The van der Waals surface area contributed by atoms with E-state index in [2.05, 4.69) is 18.3 Å². The van der Waals surface area contributed by atoms with Crippen molar-refractivity contribution in [2.75, 3.05) is 5.32 Å². The molecule has 23 heavy (non-hydrogen) atoms. The molecule has 3 rings (SSSR count). The van der Waals surface area contributed by atoms with E-state index in [9.17, 15) is 4.79 Å². The highest BCUT2D eigenvalue weighted by molar-refractivity contribution is 5.96. The molecule has 0 aliphatic rings. The van der Waals surface area contributed by atoms with E-state index in [0.29, 0.717) is 6.42 Å². The number of amides is 1. The molecule has 1 amide bonds. The summed E-state index contributed by atoms with van der Waals surface area (Å²) in [5.74, 6) is -0.0269. The lowest BCUT2D eigenvalue weighted by Crippen LogP contribution is -2.15. The highest BCUT2D eigenvalue weighted by Crippen LogP contribution is 2.24. The Bertz CT molecular complexity index is 861. The summed E-state index contributed by atoms with van der Waals surface area (Å²) >= 11 is 0. The SMILES string of the molecule is CCc1ccc2c(CC(=O)Nc3cccc(C)c3C)coc2c1. The van der Waals surface area contributed by atoms with Gasteiger partial charge in [0.2, 0.25) is 5.91 Å². The van der Waals surface area contributed by atoms with E-state index in [-0.39, 0.29) is 5.91 Å². The van der Waals surface area contributed by atoms with Crippen molar-refractivity contribution in [3.63, 3.8) is 0 Å². The van der Waals surface area contributed by atoms with Crippen LogP contribution in [0.3, 0.4) is 0 Å². The van der Waals surface area contributed by atoms with Gasteiger partial charge in [-0.05, 0) is 49.1 Å². The van der Waals surface area contributed by atoms with Crippen molar-refractivity contribution in [2.45, 2.75) is 33.6 Å². The first-order valence-electron chi connectivity index (χ1n) is 7.93. The molecule has 0 atom stereocenters. The molecule has 0 spiro atoms. The van der Waals surface area contributed by atoms with Crippen molar-refractivity contribution in [3.05, 3.63) is 64.9 Å². The zero-order chi connectivity index (χ0) is 16.4. The molecule has 118 valence electrons. The van der Waals surface area contributed by atoms with Crippen LogP contribution in [0.15, 0.2) is 47.1 Å². The topological polar surface area (TPSA) is 42.2 Å². The predicted octanol–water partition coefficient (Wildman–Crippen LogP) is 4.79. The highest BCUT2D eigenvalue weighted by atomic mass is 16.3. The van der Waals surface area contributed by atoms with Crippen LogP contribution >= 0.6 is 0 Å². The largest absolute Gasteiger partial charge is 0.464 e. The van der Waals surface area contributed by atoms with Gasteiger partial charge in [-0.15, -0.1) is 0 Å².